The largest absolute Gasteiger partial charge is 0.339 e. The molecule has 150 valence electrons. The lowest BCUT2D eigenvalue weighted by atomic mass is 9.81. The minimum absolute atomic E-state index is 0.141. The van der Waals surface area contributed by atoms with Gasteiger partial charge < -0.3 is 4.90 Å². The molecule has 6 nitrogen and oxygen atoms in total. The molecule has 1 saturated carbocycles. The van der Waals surface area contributed by atoms with E-state index in [1.807, 2.05) is 6.07 Å². The highest BCUT2D eigenvalue weighted by Crippen LogP contribution is 2.37. The SMILES string of the molecule is O=C(CN1C(=O)[C@H]2CCCC[C@H]2C1=O)N1CCN(Cc2ccccc2F)CC1. The van der Waals surface area contributed by atoms with Gasteiger partial charge in [0.15, 0.2) is 0 Å². The summed E-state index contributed by atoms with van der Waals surface area (Å²) < 4.78 is 13.8. The van der Waals surface area contributed by atoms with Crippen molar-refractivity contribution in [2.24, 2.45) is 11.8 Å². The molecule has 4 rings (SSSR count). The first-order valence-corrected chi connectivity index (χ1v) is 10.1. The molecular weight excluding hydrogens is 361 g/mol. The Bertz CT molecular complexity index is 752. The lowest BCUT2D eigenvalue weighted by Gasteiger charge is -2.35. The van der Waals surface area contributed by atoms with E-state index in [9.17, 15) is 18.8 Å². The second-order valence-corrected chi connectivity index (χ2v) is 8.01. The quantitative estimate of drug-likeness (QED) is 0.737. The molecular formula is C21H26FN3O3. The molecule has 0 aromatic heterocycles. The van der Waals surface area contributed by atoms with Crippen LogP contribution in [0, 0.1) is 17.7 Å². The molecule has 1 aliphatic carbocycles. The highest BCUT2D eigenvalue weighted by molar-refractivity contribution is 6.07. The van der Waals surface area contributed by atoms with E-state index in [0.29, 0.717) is 38.3 Å². The van der Waals surface area contributed by atoms with Crippen molar-refractivity contribution < 1.29 is 18.8 Å². The zero-order valence-corrected chi connectivity index (χ0v) is 16.0. The van der Waals surface area contributed by atoms with Gasteiger partial charge in [-0.25, -0.2) is 4.39 Å². The number of likely N-dealkylation sites (tertiary alicyclic amines) is 1. The Morgan fingerprint density at radius 2 is 1.57 bits per heavy atom. The van der Waals surface area contributed by atoms with Gasteiger partial charge in [-0.3, -0.25) is 24.2 Å². The Morgan fingerprint density at radius 3 is 2.18 bits per heavy atom. The molecule has 3 aliphatic rings. The van der Waals surface area contributed by atoms with E-state index in [1.54, 1.807) is 17.0 Å². The maximum atomic E-state index is 13.8. The van der Waals surface area contributed by atoms with Crippen molar-refractivity contribution in [2.75, 3.05) is 32.7 Å². The second kappa shape index (κ2) is 7.99. The summed E-state index contributed by atoms with van der Waals surface area (Å²) in [6.07, 6.45) is 3.47. The van der Waals surface area contributed by atoms with E-state index in [2.05, 4.69) is 4.90 Å². The third-order valence-electron chi connectivity index (χ3n) is 6.30. The van der Waals surface area contributed by atoms with Gasteiger partial charge in [-0.1, -0.05) is 31.0 Å². The predicted molar refractivity (Wildman–Crippen MR) is 100 cm³/mol. The summed E-state index contributed by atoms with van der Waals surface area (Å²) in [7, 11) is 0. The van der Waals surface area contributed by atoms with Gasteiger partial charge >= 0.3 is 0 Å². The molecule has 2 saturated heterocycles. The van der Waals surface area contributed by atoms with Crippen molar-refractivity contribution in [3.63, 3.8) is 0 Å². The Labute approximate surface area is 164 Å². The van der Waals surface area contributed by atoms with Crippen LogP contribution in [0.4, 0.5) is 4.39 Å². The maximum absolute atomic E-state index is 13.8. The molecule has 3 amide bonds. The lowest BCUT2D eigenvalue weighted by molar-refractivity contribution is -0.147. The molecule has 0 radical (unpaired) electrons. The average Bonchev–Trinajstić information content (AvgIpc) is 2.95. The van der Waals surface area contributed by atoms with Gasteiger partial charge in [0.1, 0.15) is 12.4 Å². The molecule has 0 spiro atoms. The van der Waals surface area contributed by atoms with Gasteiger partial charge in [-0.15, -0.1) is 0 Å². The van der Waals surface area contributed by atoms with E-state index >= 15 is 0 Å². The summed E-state index contributed by atoms with van der Waals surface area (Å²) in [5.41, 5.74) is 0.651. The Hall–Kier alpha value is -2.28. The topological polar surface area (TPSA) is 60.9 Å². The van der Waals surface area contributed by atoms with Crippen molar-refractivity contribution in [3.8, 4) is 0 Å². The van der Waals surface area contributed by atoms with Crippen LogP contribution in [0.5, 0.6) is 0 Å². The monoisotopic (exact) mass is 387 g/mol. The number of halogens is 1. The first-order chi connectivity index (χ1) is 13.5. The standard InChI is InChI=1S/C21H26FN3O3/c22-18-8-4-1-5-15(18)13-23-9-11-24(12-10-23)19(26)14-25-20(27)16-6-2-3-7-17(16)21(25)28/h1,4-5,8,16-17H,2-3,6-7,9-14H2/t16-,17+. The van der Waals surface area contributed by atoms with Gasteiger partial charge in [-0.2, -0.15) is 0 Å². The number of amides is 3. The summed E-state index contributed by atoms with van der Waals surface area (Å²) in [6.45, 7) is 2.71. The highest BCUT2D eigenvalue weighted by atomic mass is 19.1. The molecule has 1 aromatic carbocycles. The molecule has 0 N–H and O–H groups in total. The molecule has 2 atom stereocenters. The maximum Gasteiger partial charge on any atom is 0.242 e. The Balaban J connectivity index is 1.30. The molecule has 2 aliphatic heterocycles. The number of imide groups is 1. The lowest BCUT2D eigenvalue weighted by Crippen LogP contribution is -2.51. The van der Waals surface area contributed by atoms with Crippen LogP contribution in [-0.4, -0.2) is 65.1 Å². The van der Waals surface area contributed by atoms with E-state index < -0.39 is 0 Å². The number of hydrogen-bond donors (Lipinski definition) is 0. The summed E-state index contributed by atoms with van der Waals surface area (Å²) in [6, 6.07) is 6.72. The van der Waals surface area contributed by atoms with Gasteiger partial charge in [0.2, 0.25) is 17.7 Å². The van der Waals surface area contributed by atoms with Crippen LogP contribution in [0.25, 0.3) is 0 Å². The van der Waals surface area contributed by atoms with E-state index in [-0.39, 0.29) is 41.9 Å². The fourth-order valence-corrected chi connectivity index (χ4v) is 4.64. The van der Waals surface area contributed by atoms with Crippen molar-refractivity contribution in [1.29, 1.82) is 0 Å². The Kier molecular flexibility index (Phi) is 5.44. The number of hydrogen-bond acceptors (Lipinski definition) is 4. The van der Waals surface area contributed by atoms with Crippen LogP contribution in [0.15, 0.2) is 24.3 Å². The van der Waals surface area contributed by atoms with E-state index in [4.69, 9.17) is 0 Å². The van der Waals surface area contributed by atoms with Crippen molar-refractivity contribution >= 4 is 17.7 Å². The first-order valence-electron chi connectivity index (χ1n) is 10.1. The number of carbonyl (C=O) groups is 3. The zero-order chi connectivity index (χ0) is 19.7. The fraction of sp³-hybridized carbons (Fsp3) is 0.571. The molecule has 7 heteroatoms. The summed E-state index contributed by atoms with van der Waals surface area (Å²) >= 11 is 0. The van der Waals surface area contributed by atoms with Crippen molar-refractivity contribution in [3.05, 3.63) is 35.6 Å². The normalized spacial score (nSPS) is 25.9. The number of benzene rings is 1. The van der Waals surface area contributed by atoms with Crippen LogP contribution in [-0.2, 0) is 20.9 Å². The van der Waals surface area contributed by atoms with E-state index in [0.717, 1.165) is 25.7 Å². The highest BCUT2D eigenvalue weighted by Gasteiger charge is 2.48. The number of nitrogens with zero attached hydrogens (tertiary/aromatic N) is 3. The summed E-state index contributed by atoms with van der Waals surface area (Å²) in [5, 5.41) is 0. The fourth-order valence-electron chi connectivity index (χ4n) is 4.64. The number of fused-ring (bicyclic) bond motifs is 1. The van der Waals surface area contributed by atoms with Crippen molar-refractivity contribution in [1.82, 2.24) is 14.7 Å². The third-order valence-corrected chi connectivity index (χ3v) is 6.30. The average molecular weight is 387 g/mol. The van der Waals surface area contributed by atoms with Gasteiger partial charge in [0, 0.05) is 38.3 Å². The number of rotatable bonds is 4. The number of piperazine rings is 1. The van der Waals surface area contributed by atoms with Crippen molar-refractivity contribution in [2.45, 2.75) is 32.2 Å². The third kappa shape index (κ3) is 3.68. The molecule has 0 unspecified atom stereocenters. The van der Waals surface area contributed by atoms with Crippen LogP contribution in [0.3, 0.4) is 0 Å². The molecule has 3 fully saturated rings. The second-order valence-electron chi connectivity index (χ2n) is 8.01. The molecule has 28 heavy (non-hydrogen) atoms. The zero-order valence-electron chi connectivity index (χ0n) is 16.0. The smallest absolute Gasteiger partial charge is 0.242 e. The van der Waals surface area contributed by atoms with E-state index in [1.165, 1.54) is 11.0 Å². The minimum atomic E-state index is -0.216. The Morgan fingerprint density at radius 1 is 0.964 bits per heavy atom. The molecule has 2 heterocycles. The predicted octanol–water partition coefficient (Wildman–Crippen LogP) is 1.65. The minimum Gasteiger partial charge on any atom is -0.339 e. The molecule has 0 bridgehead atoms. The van der Waals surface area contributed by atoms with Crippen LogP contribution >= 0.6 is 0 Å². The summed E-state index contributed by atoms with van der Waals surface area (Å²) in [5.74, 6) is -1.15. The van der Waals surface area contributed by atoms with Crippen LogP contribution in [0.2, 0.25) is 0 Å². The van der Waals surface area contributed by atoms with Crippen LogP contribution < -0.4 is 0 Å². The van der Waals surface area contributed by atoms with Crippen LogP contribution in [0.1, 0.15) is 31.2 Å². The molecule has 1 aromatic rings. The first kappa shape index (κ1) is 19.1. The summed E-state index contributed by atoms with van der Waals surface area (Å²) in [4.78, 5) is 42.8. The van der Waals surface area contributed by atoms with Gasteiger partial charge in [-0.05, 0) is 18.9 Å². The van der Waals surface area contributed by atoms with Gasteiger partial charge in [0.25, 0.3) is 0 Å². The number of carbonyl (C=O) groups excluding carboxylic acids is 3. The van der Waals surface area contributed by atoms with Gasteiger partial charge in [0.05, 0.1) is 11.8 Å².